The monoisotopic (exact) mass is 699 g/mol. The Labute approximate surface area is 322 Å². The van der Waals surface area contributed by atoms with E-state index < -0.39 is 0 Å². The van der Waals surface area contributed by atoms with E-state index in [4.69, 9.17) is 0 Å². The summed E-state index contributed by atoms with van der Waals surface area (Å²) in [5, 5.41) is 7.57. The number of hydrogen-bond donors (Lipinski definition) is 0. The maximum absolute atomic E-state index is 2.40. The van der Waals surface area contributed by atoms with Crippen LogP contribution in [-0.4, -0.2) is 0 Å². The van der Waals surface area contributed by atoms with Gasteiger partial charge in [0, 0.05) is 17.1 Å². The van der Waals surface area contributed by atoms with Crippen LogP contribution in [0.1, 0.15) is 0 Å². The van der Waals surface area contributed by atoms with Gasteiger partial charge in [0.2, 0.25) is 0 Å². The molecule has 0 aromatic heterocycles. The minimum Gasteiger partial charge on any atom is -0.311 e. The molecule has 0 amide bonds. The van der Waals surface area contributed by atoms with Gasteiger partial charge in [-0.15, -0.1) is 0 Å². The molecule has 0 atom stereocenters. The van der Waals surface area contributed by atoms with Crippen LogP contribution in [0.5, 0.6) is 0 Å². The average molecular weight is 700 g/mol. The van der Waals surface area contributed by atoms with Crippen molar-refractivity contribution in [3.63, 3.8) is 0 Å². The third kappa shape index (κ3) is 5.93. The number of nitrogens with zero attached hydrogens (tertiary/aromatic N) is 1. The molecule has 0 aliphatic carbocycles. The Bertz CT molecular complexity index is 2930. The number of hydrogen-bond acceptors (Lipinski definition) is 1. The Hall–Kier alpha value is -7.22. The third-order valence-corrected chi connectivity index (χ3v) is 10.8. The van der Waals surface area contributed by atoms with E-state index in [2.05, 4.69) is 229 Å². The van der Waals surface area contributed by atoms with E-state index in [0.29, 0.717) is 0 Å². The fourth-order valence-electron chi connectivity index (χ4n) is 8.27. The molecule has 0 saturated heterocycles. The SMILES string of the molecule is c1ccc(-c2c(-c3ccccc3)c3cc(-c4ccc(N(c5ccccc5)c5ccc(-c6cccc7ccccc67)cc5)cc4)ccc3c3ccccc23)cc1. The van der Waals surface area contributed by atoms with E-state index >= 15 is 0 Å². The molecule has 1 nitrogen and oxygen atoms in total. The van der Waals surface area contributed by atoms with Gasteiger partial charge in [0.25, 0.3) is 0 Å². The maximum atomic E-state index is 2.40. The summed E-state index contributed by atoms with van der Waals surface area (Å²) in [6.07, 6.45) is 0. The van der Waals surface area contributed by atoms with Gasteiger partial charge < -0.3 is 4.90 Å². The van der Waals surface area contributed by atoms with Crippen molar-refractivity contribution in [1.82, 2.24) is 0 Å². The number of benzene rings is 10. The summed E-state index contributed by atoms with van der Waals surface area (Å²) in [4.78, 5) is 2.34. The van der Waals surface area contributed by atoms with E-state index in [1.165, 1.54) is 76.8 Å². The zero-order chi connectivity index (χ0) is 36.6. The molecule has 0 fully saturated rings. The minimum atomic E-state index is 1.11. The first kappa shape index (κ1) is 32.4. The number of para-hydroxylation sites is 1. The van der Waals surface area contributed by atoms with Crippen molar-refractivity contribution in [2.75, 3.05) is 4.90 Å². The van der Waals surface area contributed by atoms with Crippen molar-refractivity contribution in [3.8, 4) is 44.5 Å². The zero-order valence-electron chi connectivity index (χ0n) is 30.3. The van der Waals surface area contributed by atoms with Crippen LogP contribution in [0.4, 0.5) is 17.1 Å². The van der Waals surface area contributed by atoms with E-state index in [0.717, 1.165) is 17.1 Å². The van der Waals surface area contributed by atoms with Gasteiger partial charge in [-0.2, -0.15) is 0 Å². The highest BCUT2D eigenvalue weighted by molar-refractivity contribution is 6.22. The molecule has 55 heavy (non-hydrogen) atoms. The van der Waals surface area contributed by atoms with E-state index in [1.54, 1.807) is 0 Å². The first-order valence-corrected chi connectivity index (χ1v) is 18.9. The summed E-state index contributed by atoms with van der Waals surface area (Å²) in [5.74, 6) is 0. The van der Waals surface area contributed by atoms with Crippen molar-refractivity contribution in [3.05, 3.63) is 224 Å². The van der Waals surface area contributed by atoms with Gasteiger partial charge in [-0.1, -0.05) is 182 Å². The second-order valence-electron chi connectivity index (χ2n) is 14.1. The molecule has 10 rings (SSSR count). The van der Waals surface area contributed by atoms with Crippen LogP contribution >= 0.6 is 0 Å². The Morgan fingerprint density at radius 2 is 0.691 bits per heavy atom. The summed E-state index contributed by atoms with van der Waals surface area (Å²) in [7, 11) is 0. The Balaban J connectivity index is 1.08. The molecular weight excluding hydrogens is 663 g/mol. The minimum absolute atomic E-state index is 1.11. The van der Waals surface area contributed by atoms with Crippen LogP contribution in [-0.2, 0) is 0 Å². The van der Waals surface area contributed by atoms with E-state index in [1.807, 2.05) is 0 Å². The fourth-order valence-corrected chi connectivity index (χ4v) is 8.27. The van der Waals surface area contributed by atoms with Gasteiger partial charge >= 0.3 is 0 Å². The summed E-state index contributed by atoms with van der Waals surface area (Å²) in [5.41, 5.74) is 13.1. The standard InChI is InChI=1S/C54H37N/c1-4-16-41(17-5-1)53-51-25-13-12-24-49(51)50-36-31-43(37-52(50)54(53)42-18-6-2-7-19-42)38-27-32-45(33-28-38)55(44-21-8-3-9-22-44)46-34-29-40(30-35-46)48-26-14-20-39-15-10-11-23-47(39)48/h1-37H. The molecule has 0 heterocycles. The summed E-state index contributed by atoms with van der Waals surface area (Å²) >= 11 is 0. The summed E-state index contributed by atoms with van der Waals surface area (Å²) < 4.78 is 0. The lowest BCUT2D eigenvalue weighted by Crippen LogP contribution is -2.09. The van der Waals surface area contributed by atoms with Gasteiger partial charge in [-0.25, -0.2) is 0 Å². The van der Waals surface area contributed by atoms with Crippen LogP contribution in [0, 0.1) is 0 Å². The predicted molar refractivity (Wildman–Crippen MR) is 235 cm³/mol. The molecule has 0 aliphatic heterocycles. The van der Waals surface area contributed by atoms with E-state index in [-0.39, 0.29) is 0 Å². The topological polar surface area (TPSA) is 3.24 Å². The molecule has 0 unspecified atom stereocenters. The lowest BCUT2D eigenvalue weighted by atomic mass is 9.84. The van der Waals surface area contributed by atoms with Crippen molar-refractivity contribution >= 4 is 49.4 Å². The van der Waals surface area contributed by atoms with Crippen LogP contribution < -0.4 is 4.90 Å². The highest BCUT2D eigenvalue weighted by Crippen LogP contribution is 2.46. The Kier molecular flexibility index (Phi) is 8.24. The molecule has 10 aromatic rings. The third-order valence-electron chi connectivity index (χ3n) is 10.8. The van der Waals surface area contributed by atoms with Gasteiger partial charge in [-0.05, 0) is 119 Å². The molecule has 0 radical (unpaired) electrons. The van der Waals surface area contributed by atoms with Crippen LogP contribution in [0.3, 0.4) is 0 Å². The second-order valence-corrected chi connectivity index (χ2v) is 14.1. The van der Waals surface area contributed by atoms with Gasteiger partial charge in [0.1, 0.15) is 0 Å². The highest BCUT2D eigenvalue weighted by Gasteiger charge is 2.19. The zero-order valence-corrected chi connectivity index (χ0v) is 30.3. The average Bonchev–Trinajstić information content (AvgIpc) is 3.27. The van der Waals surface area contributed by atoms with E-state index in [9.17, 15) is 0 Å². The first-order valence-electron chi connectivity index (χ1n) is 18.9. The van der Waals surface area contributed by atoms with Crippen LogP contribution in [0.25, 0.3) is 76.8 Å². The molecule has 0 spiro atoms. The Morgan fingerprint density at radius 1 is 0.236 bits per heavy atom. The lowest BCUT2D eigenvalue weighted by Gasteiger charge is -2.26. The van der Waals surface area contributed by atoms with Crippen molar-refractivity contribution < 1.29 is 0 Å². The molecule has 0 N–H and O–H groups in total. The van der Waals surface area contributed by atoms with Crippen molar-refractivity contribution in [2.45, 2.75) is 0 Å². The predicted octanol–water partition coefficient (Wildman–Crippen LogP) is 15.3. The van der Waals surface area contributed by atoms with Gasteiger partial charge in [-0.3, -0.25) is 0 Å². The molecule has 10 aromatic carbocycles. The maximum Gasteiger partial charge on any atom is 0.0462 e. The molecule has 0 aliphatic rings. The molecule has 258 valence electrons. The fraction of sp³-hybridized carbons (Fsp3) is 0. The molecular formula is C54H37N. The quantitative estimate of drug-likeness (QED) is 0.150. The molecule has 0 bridgehead atoms. The van der Waals surface area contributed by atoms with Crippen molar-refractivity contribution in [2.24, 2.45) is 0 Å². The van der Waals surface area contributed by atoms with Crippen molar-refractivity contribution in [1.29, 1.82) is 0 Å². The number of anilines is 3. The van der Waals surface area contributed by atoms with Gasteiger partial charge in [0.15, 0.2) is 0 Å². The smallest absolute Gasteiger partial charge is 0.0462 e. The summed E-state index contributed by atoms with van der Waals surface area (Å²) in [6.45, 7) is 0. The second kappa shape index (κ2) is 14.0. The number of fused-ring (bicyclic) bond motifs is 4. The number of rotatable bonds is 7. The molecule has 0 saturated carbocycles. The van der Waals surface area contributed by atoms with Crippen LogP contribution in [0.15, 0.2) is 224 Å². The summed E-state index contributed by atoms with van der Waals surface area (Å²) in [6, 6.07) is 81.3. The lowest BCUT2D eigenvalue weighted by molar-refractivity contribution is 1.28. The first-order chi connectivity index (χ1) is 27.3. The van der Waals surface area contributed by atoms with Crippen LogP contribution in [0.2, 0.25) is 0 Å². The molecule has 1 heteroatoms. The largest absolute Gasteiger partial charge is 0.311 e. The highest BCUT2D eigenvalue weighted by atomic mass is 15.1. The normalized spacial score (nSPS) is 11.3. The Morgan fingerprint density at radius 3 is 1.35 bits per heavy atom. The van der Waals surface area contributed by atoms with Gasteiger partial charge in [0.05, 0.1) is 0 Å².